The number of carbonyl (C=O) groups excluding carboxylic acids is 1. The van der Waals surface area contributed by atoms with Crippen molar-refractivity contribution in [2.75, 3.05) is 13.1 Å². The fourth-order valence-corrected chi connectivity index (χ4v) is 2.60. The Morgan fingerprint density at radius 2 is 1.92 bits per heavy atom. The second-order valence-electron chi connectivity index (χ2n) is 4.31. The zero-order chi connectivity index (χ0) is 8.60. The van der Waals surface area contributed by atoms with Gasteiger partial charge in [-0.2, -0.15) is 0 Å². The van der Waals surface area contributed by atoms with Crippen molar-refractivity contribution < 1.29 is 4.79 Å². The summed E-state index contributed by atoms with van der Waals surface area (Å²) in [5.74, 6) is 0.340. The first-order valence-electron chi connectivity index (χ1n) is 5.04. The molecule has 1 aliphatic carbocycles. The van der Waals surface area contributed by atoms with E-state index in [0.29, 0.717) is 17.7 Å². The molecule has 0 radical (unpaired) electrons. The Kier molecular flexibility index (Phi) is 1.85. The third-order valence-corrected chi connectivity index (χ3v) is 3.37. The van der Waals surface area contributed by atoms with Crippen LogP contribution in [0, 0.1) is 5.41 Å². The second-order valence-corrected chi connectivity index (χ2v) is 4.31. The van der Waals surface area contributed by atoms with Gasteiger partial charge in [0.15, 0.2) is 0 Å². The number of nitrogens with zero attached hydrogens (tertiary/aromatic N) is 1. The van der Waals surface area contributed by atoms with Crippen LogP contribution < -0.4 is 0 Å². The van der Waals surface area contributed by atoms with Crippen molar-refractivity contribution in [2.24, 2.45) is 5.41 Å². The first kappa shape index (κ1) is 8.09. The summed E-state index contributed by atoms with van der Waals surface area (Å²) in [6.45, 7) is 4.06. The summed E-state index contributed by atoms with van der Waals surface area (Å²) in [7, 11) is 0. The third-order valence-electron chi connectivity index (χ3n) is 3.37. The van der Waals surface area contributed by atoms with E-state index in [1.54, 1.807) is 0 Å². The van der Waals surface area contributed by atoms with Crippen LogP contribution in [0.5, 0.6) is 0 Å². The molecule has 1 saturated carbocycles. The molecule has 2 rings (SSSR count). The number of amides is 1. The smallest absolute Gasteiger partial charge is 0.222 e. The van der Waals surface area contributed by atoms with E-state index in [2.05, 4.69) is 0 Å². The van der Waals surface area contributed by atoms with Gasteiger partial charge < -0.3 is 4.90 Å². The Labute approximate surface area is 73.9 Å². The molecule has 1 aliphatic heterocycles. The molecule has 0 atom stereocenters. The van der Waals surface area contributed by atoms with Gasteiger partial charge in [0.05, 0.1) is 0 Å². The zero-order valence-electron chi connectivity index (χ0n) is 7.81. The van der Waals surface area contributed by atoms with E-state index in [1.165, 1.54) is 25.7 Å². The molecular formula is C10H17NO. The molecule has 1 saturated heterocycles. The number of hydrogen-bond donors (Lipinski definition) is 0. The minimum Gasteiger partial charge on any atom is -0.341 e. The van der Waals surface area contributed by atoms with Gasteiger partial charge in [0.1, 0.15) is 0 Å². The summed E-state index contributed by atoms with van der Waals surface area (Å²) in [6.07, 6.45) is 6.17. The van der Waals surface area contributed by atoms with Crippen LogP contribution in [-0.2, 0) is 4.79 Å². The van der Waals surface area contributed by atoms with Gasteiger partial charge in [-0.25, -0.2) is 0 Å². The number of carbonyl (C=O) groups is 1. The molecule has 0 N–H and O–H groups in total. The minimum atomic E-state index is 0.340. The molecule has 0 aromatic rings. The Morgan fingerprint density at radius 3 is 2.42 bits per heavy atom. The number of rotatable bonds is 1. The lowest BCUT2D eigenvalue weighted by Crippen LogP contribution is -2.56. The quantitative estimate of drug-likeness (QED) is 0.583. The van der Waals surface area contributed by atoms with Crippen LogP contribution >= 0.6 is 0 Å². The van der Waals surface area contributed by atoms with E-state index in [-0.39, 0.29) is 0 Å². The summed E-state index contributed by atoms with van der Waals surface area (Å²) < 4.78 is 0. The van der Waals surface area contributed by atoms with Crippen LogP contribution in [0.15, 0.2) is 0 Å². The first-order chi connectivity index (χ1) is 5.76. The summed E-state index contributed by atoms with van der Waals surface area (Å²) >= 11 is 0. The van der Waals surface area contributed by atoms with E-state index in [0.717, 1.165) is 13.1 Å². The predicted octanol–water partition coefficient (Wildman–Crippen LogP) is 1.80. The number of likely N-dealkylation sites (tertiary alicyclic amines) is 1. The first-order valence-corrected chi connectivity index (χ1v) is 5.04. The Hall–Kier alpha value is -0.530. The highest BCUT2D eigenvalue weighted by atomic mass is 16.2. The molecular weight excluding hydrogens is 150 g/mol. The van der Waals surface area contributed by atoms with Crippen molar-refractivity contribution in [2.45, 2.75) is 39.0 Å². The topological polar surface area (TPSA) is 20.3 Å². The van der Waals surface area contributed by atoms with Crippen LogP contribution in [-0.4, -0.2) is 23.9 Å². The highest BCUT2D eigenvalue weighted by molar-refractivity contribution is 5.76. The van der Waals surface area contributed by atoms with Crippen molar-refractivity contribution in [1.82, 2.24) is 4.90 Å². The predicted molar refractivity (Wildman–Crippen MR) is 47.8 cm³/mol. The van der Waals surface area contributed by atoms with Gasteiger partial charge in [-0.1, -0.05) is 19.8 Å². The van der Waals surface area contributed by atoms with Crippen molar-refractivity contribution in [3.63, 3.8) is 0 Å². The minimum absolute atomic E-state index is 0.340. The monoisotopic (exact) mass is 167 g/mol. The molecule has 68 valence electrons. The van der Waals surface area contributed by atoms with Gasteiger partial charge in [0.25, 0.3) is 0 Å². The molecule has 0 unspecified atom stereocenters. The molecule has 0 aromatic carbocycles. The molecule has 0 bridgehead atoms. The highest BCUT2D eigenvalue weighted by Gasteiger charge is 2.45. The van der Waals surface area contributed by atoms with Gasteiger partial charge >= 0.3 is 0 Å². The standard InChI is InChI=1S/C10H17NO/c1-2-9(12)11-7-10(8-11)5-3-4-6-10/h2-8H2,1H3. The molecule has 2 aliphatic rings. The lowest BCUT2D eigenvalue weighted by Gasteiger charge is -2.48. The molecule has 1 amide bonds. The molecule has 12 heavy (non-hydrogen) atoms. The lowest BCUT2D eigenvalue weighted by molar-refractivity contribution is -0.142. The van der Waals surface area contributed by atoms with Crippen molar-refractivity contribution in [3.8, 4) is 0 Å². The van der Waals surface area contributed by atoms with E-state index in [9.17, 15) is 4.79 Å². The maximum absolute atomic E-state index is 11.3. The van der Waals surface area contributed by atoms with E-state index < -0.39 is 0 Å². The Balaban J connectivity index is 1.86. The van der Waals surface area contributed by atoms with Crippen molar-refractivity contribution in [3.05, 3.63) is 0 Å². The van der Waals surface area contributed by atoms with Gasteiger partial charge in [-0.05, 0) is 12.8 Å². The summed E-state index contributed by atoms with van der Waals surface area (Å²) in [6, 6.07) is 0. The highest BCUT2D eigenvalue weighted by Crippen LogP contribution is 2.45. The van der Waals surface area contributed by atoms with E-state index >= 15 is 0 Å². The van der Waals surface area contributed by atoms with Crippen LogP contribution in [0.2, 0.25) is 0 Å². The van der Waals surface area contributed by atoms with Crippen LogP contribution in [0.3, 0.4) is 0 Å². The maximum Gasteiger partial charge on any atom is 0.222 e. The summed E-state index contributed by atoms with van der Waals surface area (Å²) in [5, 5.41) is 0. The molecule has 0 aromatic heterocycles. The second kappa shape index (κ2) is 2.75. The third kappa shape index (κ3) is 1.13. The normalized spacial score (nSPS) is 25.9. The van der Waals surface area contributed by atoms with Gasteiger partial charge in [-0.15, -0.1) is 0 Å². The van der Waals surface area contributed by atoms with Crippen LogP contribution in [0.25, 0.3) is 0 Å². The number of hydrogen-bond acceptors (Lipinski definition) is 1. The van der Waals surface area contributed by atoms with Crippen LogP contribution in [0.4, 0.5) is 0 Å². The maximum atomic E-state index is 11.3. The average molecular weight is 167 g/mol. The summed E-state index contributed by atoms with van der Waals surface area (Å²) in [4.78, 5) is 13.3. The van der Waals surface area contributed by atoms with Crippen LogP contribution in [0.1, 0.15) is 39.0 Å². The average Bonchev–Trinajstić information content (AvgIpc) is 2.48. The molecule has 2 heteroatoms. The van der Waals surface area contributed by atoms with Crippen molar-refractivity contribution in [1.29, 1.82) is 0 Å². The Bertz CT molecular complexity index is 186. The fraction of sp³-hybridized carbons (Fsp3) is 0.900. The lowest BCUT2D eigenvalue weighted by atomic mass is 9.78. The van der Waals surface area contributed by atoms with Gasteiger partial charge in [-0.3, -0.25) is 4.79 Å². The van der Waals surface area contributed by atoms with E-state index in [4.69, 9.17) is 0 Å². The van der Waals surface area contributed by atoms with E-state index in [1.807, 2.05) is 11.8 Å². The van der Waals surface area contributed by atoms with Crippen molar-refractivity contribution >= 4 is 5.91 Å². The SMILES string of the molecule is CCC(=O)N1CC2(CCCC2)C1. The molecule has 2 fully saturated rings. The van der Waals surface area contributed by atoms with Gasteiger partial charge in [0.2, 0.25) is 5.91 Å². The fourth-order valence-electron chi connectivity index (χ4n) is 2.60. The molecule has 2 nitrogen and oxygen atoms in total. The Morgan fingerprint density at radius 1 is 1.33 bits per heavy atom. The van der Waals surface area contributed by atoms with Gasteiger partial charge in [0, 0.05) is 24.9 Å². The molecule has 1 spiro atoms. The largest absolute Gasteiger partial charge is 0.341 e. The zero-order valence-corrected chi connectivity index (χ0v) is 7.81. The molecule has 1 heterocycles. The summed E-state index contributed by atoms with van der Waals surface area (Å²) in [5.41, 5.74) is 0.574.